The molecule has 1 saturated carbocycles. The molecule has 1 fully saturated rings. The van der Waals surface area contributed by atoms with E-state index in [4.69, 9.17) is 4.74 Å². The van der Waals surface area contributed by atoms with Gasteiger partial charge >= 0.3 is 5.97 Å². The molecule has 4 atom stereocenters. The molecule has 0 radical (unpaired) electrons. The van der Waals surface area contributed by atoms with Gasteiger partial charge in [-0.2, -0.15) is 0 Å². The number of rotatable bonds is 6. The highest BCUT2D eigenvalue weighted by Gasteiger charge is 2.51. The van der Waals surface area contributed by atoms with E-state index in [9.17, 15) is 14.7 Å². The minimum absolute atomic E-state index is 0.00146. The van der Waals surface area contributed by atoms with Crippen LogP contribution in [-0.4, -0.2) is 24.1 Å². The normalized spacial score (nSPS) is 28.0. The van der Waals surface area contributed by atoms with Gasteiger partial charge in [-0.1, -0.05) is 36.4 Å². The number of carbonyl (C=O) groups excluding carboxylic acids is 1. The molecule has 2 bridgehead atoms. The van der Waals surface area contributed by atoms with E-state index in [0.29, 0.717) is 13.2 Å². The number of benzene rings is 1. The fourth-order valence-corrected chi connectivity index (χ4v) is 3.74. The number of carbonyl (C=O) groups is 2. The van der Waals surface area contributed by atoms with Gasteiger partial charge in [-0.15, -0.1) is 0 Å². The molecule has 122 valence electrons. The topological polar surface area (TPSA) is 75.6 Å². The monoisotopic (exact) mass is 315 g/mol. The first-order valence-electron chi connectivity index (χ1n) is 7.85. The lowest BCUT2D eigenvalue weighted by Gasteiger charge is -2.23. The molecule has 2 N–H and O–H groups in total. The number of fused-ring (bicyclic) bond motifs is 2. The van der Waals surface area contributed by atoms with Crippen molar-refractivity contribution in [2.75, 3.05) is 7.11 Å². The Balaban J connectivity index is 1.61. The number of carboxylic acids is 1. The lowest BCUT2D eigenvalue weighted by atomic mass is 9.82. The van der Waals surface area contributed by atoms with Gasteiger partial charge in [0.25, 0.3) is 0 Å². The molecule has 0 heterocycles. The summed E-state index contributed by atoms with van der Waals surface area (Å²) in [7, 11) is 1.65. The number of aliphatic carboxylic acids is 1. The van der Waals surface area contributed by atoms with E-state index >= 15 is 0 Å². The Morgan fingerprint density at radius 2 is 1.74 bits per heavy atom. The molecule has 0 spiro atoms. The second-order valence-electron chi connectivity index (χ2n) is 6.31. The van der Waals surface area contributed by atoms with Crippen LogP contribution in [0.5, 0.6) is 0 Å². The average Bonchev–Trinajstić information content (AvgIpc) is 3.15. The summed E-state index contributed by atoms with van der Waals surface area (Å²) >= 11 is 0. The van der Waals surface area contributed by atoms with E-state index in [1.54, 1.807) is 7.11 Å². The Morgan fingerprint density at radius 3 is 2.35 bits per heavy atom. The fourth-order valence-electron chi connectivity index (χ4n) is 3.74. The Hall–Kier alpha value is -2.14. The molecule has 2 aliphatic rings. The second kappa shape index (κ2) is 6.54. The molecule has 3 rings (SSSR count). The summed E-state index contributed by atoms with van der Waals surface area (Å²) in [6, 6.07) is 7.82. The molecule has 2 aliphatic carbocycles. The maximum atomic E-state index is 12.5. The minimum Gasteiger partial charge on any atom is -0.481 e. The molecule has 23 heavy (non-hydrogen) atoms. The first kappa shape index (κ1) is 15.7. The predicted molar refractivity (Wildman–Crippen MR) is 84.4 cm³/mol. The van der Waals surface area contributed by atoms with Gasteiger partial charge in [-0.05, 0) is 29.4 Å². The van der Waals surface area contributed by atoms with Crippen molar-refractivity contribution >= 4 is 11.9 Å². The first-order chi connectivity index (χ1) is 11.1. The molecule has 0 aliphatic heterocycles. The van der Waals surface area contributed by atoms with Gasteiger partial charge in [0, 0.05) is 13.7 Å². The van der Waals surface area contributed by atoms with Crippen molar-refractivity contribution in [2.24, 2.45) is 23.7 Å². The van der Waals surface area contributed by atoms with Crippen molar-refractivity contribution < 1.29 is 19.4 Å². The third-order valence-electron chi connectivity index (χ3n) is 4.85. The van der Waals surface area contributed by atoms with E-state index in [1.165, 1.54) is 0 Å². The van der Waals surface area contributed by atoms with Crippen LogP contribution in [0.3, 0.4) is 0 Å². The van der Waals surface area contributed by atoms with Crippen LogP contribution < -0.4 is 5.32 Å². The SMILES string of the molecule is COCc1ccc(CNC(=O)C2C3C=CC(C3)C2C(=O)O)cc1. The van der Waals surface area contributed by atoms with Gasteiger partial charge in [0.15, 0.2) is 0 Å². The van der Waals surface area contributed by atoms with Gasteiger partial charge < -0.3 is 15.2 Å². The van der Waals surface area contributed by atoms with Crippen LogP contribution in [0.4, 0.5) is 0 Å². The van der Waals surface area contributed by atoms with Crippen LogP contribution in [0.15, 0.2) is 36.4 Å². The van der Waals surface area contributed by atoms with Crippen molar-refractivity contribution in [1.82, 2.24) is 5.32 Å². The third-order valence-corrected chi connectivity index (χ3v) is 4.85. The predicted octanol–water partition coefficient (Wildman–Crippen LogP) is 1.97. The highest BCUT2D eigenvalue weighted by molar-refractivity contribution is 5.86. The number of hydrogen-bond acceptors (Lipinski definition) is 3. The van der Waals surface area contributed by atoms with Gasteiger partial charge in [-0.25, -0.2) is 0 Å². The van der Waals surface area contributed by atoms with Crippen LogP contribution in [0.25, 0.3) is 0 Å². The maximum Gasteiger partial charge on any atom is 0.307 e. The number of allylic oxidation sites excluding steroid dienone is 2. The maximum absolute atomic E-state index is 12.5. The van der Waals surface area contributed by atoms with Crippen molar-refractivity contribution in [2.45, 2.75) is 19.6 Å². The Morgan fingerprint density at radius 1 is 1.13 bits per heavy atom. The molecule has 4 unspecified atom stereocenters. The number of nitrogens with one attached hydrogen (secondary N) is 1. The number of ether oxygens (including phenoxy) is 1. The summed E-state index contributed by atoms with van der Waals surface area (Å²) < 4.78 is 5.06. The highest BCUT2D eigenvalue weighted by atomic mass is 16.5. The van der Waals surface area contributed by atoms with Gasteiger partial charge in [0.1, 0.15) is 0 Å². The van der Waals surface area contributed by atoms with Gasteiger partial charge in [0.05, 0.1) is 18.4 Å². The molecular formula is C18H21NO4. The summed E-state index contributed by atoms with van der Waals surface area (Å²) in [5, 5.41) is 12.3. The second-order valence-corrected chi connectivity index (χ2v) is 6.31. The number of methoxy groups -OCH3 is 1. The summed E-state index contributed by atoms with van der Waals surface area (Å²) in [5.74, 6) is -2.00. The third kappa shape index (κ3) is 3.15. The van der Waals surface area contributed by atoms with Crippen molar-refractivity contribution in [3.05, 3.63) is 47.5 Å². The van der Waals surface area contributed by atoms with Gasteiger partial charge in [0.2, 0.25) is 5.91 Å². The quantitative estimate of drug-likeness (QED) is 0.787. The van der Waals surface area contributed by atoms with Crippen molar-refractivity contribution in [3.8, 4) is 0 Å². The Bertz CT molecular complexity index is 622. The van der Waals surface area contributed by atoms with Crippen LogP contribution in [0.1, 0.15) is 17.5 Å². The zero-order chi connectivity index (χ0) is 16.4. The Kier molecular flexibility index (Phi) is 4.48. The van der Waals surface area contributed by atoms with Crippen molar-refractivity contribution in [1.29, 1.82) is 0 Å². The van der Waals surface area contributed by atoms with E-state index in [2.05, 4.69) is 5.32 Å². The largest absolute Gasteiger partial charge is 0.481 e. The van der Waals surface area contributed by atoms with E-state index < -0.39 is 17.8 Å². The van der Waals surface area contributed by atoms with E-state index in [-0.39, 0.29) is 17.7 Å². The van der Waals surface area contributed by atoms with E-state index in [1.807, 2.05) is 36.4 Å². The standard InChI is InChI=1S/C18H21NO4/c1-23-10-12-4-2-11(3-5-12)9-19-17(20)15-13-6-7-14(8-13)16(15)18(21)22/h2-7,13-16H,8-10H2,1H3,(H,19,20)(H,21,22). The average molecular weight is 315 g/mol. The fraction of sp³-hybridized carbons (Fsp3) is 0.444. The lowest BCUT2D eigenvalue weighted by molar-refractivity contribution is -0.147. The molecule has 1 aromatic carbocycles. The van der Waals surface area contributed by atoms with Crippen LogP contribution in [0.2, 0.25) is 0 Å². The van der Waals surface area contributed by atoms with Crippen LogP contribution in [-0.2, 0) is 27.5 Å². The first-order valence-corrected chi connectivity index (χ1v) is 7.85. The van der Waals surface area contributed by atoms with Crippen molar-refractivity contribution in [3.63, 3.8) is 0 Å². The highest BCUT2D eigenvalue weighted by Crippen LogP contribution is 2.48. The molecule has 0 aromatic heterocycles. The molecule has 5 nitrogen and oxygen atoms in total. The molecular weight excluding hydrogens is 294 g/mol. The van der Waals surface area contributed by atoms with Crippen LogP contribution in [0, 0.1) is 23.7 Å². The zero-order valence-corrected chi connectivity index (χ0v) is 13.1. The molecule has 0 saturated heterocycles. The Labute approximate surface area is 135 Å². The zero-order valence-electron chi connectivity index (χ0n) is 13.1. The summed E-state index contributed by atoms with van der Waals surface area (Å²) in [6.45, 7) is 0.973. The van der Waals surface area contributed by atoms with Crippen LogP contribution >= 0.6 is 0 Å². The van der Waals surface area contributed by atoms with E-state index in [0.717, 1.165) is 17.5 Å². The number of carboxylic acid groups (broad SMARTS) is 1. The molecule has 1 aromatic rings. The summed E-state index contributed by atoms with van der Waals surface area (Å²) in [6.07, 6.45) is 4.72. The minimum atomic E-state index is -0.870. The van der Waals surface area contributed by atoms with Gasteiger partial charge in [-0.3, -0.25) is 9.59 Å². The number of amides is 1. The number of hydrogen-bond donors (Lipinski definition) is 2. The smallest absolute Gasteiger partial charge is 0.307 e. The summed E-state index contributed by atoms with van der Waals surface area (Å²) in [4.78, 5) is 23.9. The lowest BCUT2D eigenvalue weighted by Crippen LogP contribution is -2.39. The molecule has 1 amide bonds. The summed E-state index contributed by atoms with van der Waals surface area (Å²) in [5.41, 5.74) is 2.07. The molecule has 5 heteroatoms.